The second kappa shape index (κ2) is 9.01. The van der Waals surface area contributed by atoms with Gasteiger partial charge in [-0.25, -0.2) is 0 Å². The number of Topliss-reactive ketones (excluding diaryl/α,β-unsaturated/α-hetero) is 1. The van der Waals surface area contributed by atoms with E-state index in [2.05, 4.69) is 30.1 Å². The van der Waals surface area contributed by atoms with Crippen LogP contribution in [0.3, 0.4) is 0 Å². The Kier molecular flexibility index (Phi) is 6.68. The van der Waals surface area contributed by atoms with Crippen LogP contribution in [0.1, 0.15) is 67.2 Å². The number of amides is 1. The number of nitrogens with one attached hydrogen (secondary N) is 1. The third-order valence-corrected chi connectivity index (χ3v) is 5.91. The van der Waals surface area contributed by atoms with Crippen LogP contribution < -0.4 is 5.32 Å². The molecule has 2 saturated heterocycles. The van der Waals surface area contributed by atoms with Crippen LogP contribution >= 0.6 is 0 Å². The fourth-order valence-electron chi connectivity index (χ4n) is 4.03. The molecule has 1 atom stereocenters. The fourth-order valence-corrected chi connectivity index (χ4v) is 4.03. The third kappa shape index (κ3) is 5.30. The Morgan fingerprint density at radius 1 is 1.11 bits per heavy atom. The van der Waals surface area contributed by atoms with E-state index >= 15 is 0 Å². The molecular formula is C23H32N2O3. The van der Waals surface area contributed by atoms with Gasteiger partial charge in [0.2, 0.25) is 0 Å². The van der Waals surface area contributed by atoms with E-state index in [-0.39, 0.29) is 23.4 Å². The van der Waals surface area contributed by atoms with E-state index in [4.69, 9.17) is 4.74 Å². The number of benzene rings is 1. The van der Waals surface area contributed by atoms with E-state index in [1.807, 2.05) is 0 Å². The molecule has 0 aliphatic carbocycles. The van der Waals surface area contributed by atoms with Crippen LogP contribution in [-0.4, -0.2) is 54.5 Å². The largest absolute Gasteiger partial charge is 0.370 e. The van der Waals surface area contributed by atoms with Gasteiger partial charge in [0.1, 0.15) is 0 Å². The van der Waals surface area contributed by atoms with Crippen LogP contribution in [0.2, 0.25) is 0 Å². The minimum atomic E-state index is -0.115. The first-order valence-corrected chi connectivity index (χ1v) is 10.3. The van der Waals surface area contributed by atoms with E-state index in [1.165, 1.54) is 12.5 Å². The molecule has 2 heterocycles. The summed E-state index contributed by atoms with van der Waals surface area (Å²) in [7, 11) is 0. The number of ketones is 1. The van der Waals surface area contributed by atoms with Gasteiger partial charge in [-0.2, -0.15) is 0 Å². The molecule has 2 aliphatic heterocycles. The van der Waals surface area contributed by atoms with Crippen LogP contribution in [0.25, 0.3) is 0 Å². The van der Waals surface area contributed by atoms with Gasteiger partial charge < -0.3 is 10.1 Å². The van der Waals surface area contributed by atoms with Crippen molar-refractivity contribution in [3.8, 4) is 0 Å². The van der Waals surface area contributed by atoms with Crippen LogP contribution in [0, 0.1) is 0 Å². The van der Waals surface area contributed by atoms with Gasteiger partial charge in [-0.05, 0) is 58.6 Å². The normalized spacial score (nSPS) is 21.5. The smallest absolute Gasteiger partial charge is 0.251 e. The SMILES string of the molecule is CC(=O)c1ccc(C(=O)NCC2CCC3(CCN(CC=C(C)C)CC3)O2)cc1. The van der Waals surface area contributed by atoms with Gasteiger partial charge in [0.05, 0.1) is 11.7 Å². The summed E-state index contributed by atoms with van der Waals surface area (Å²) in [5.74, 6) is -0.111. The average Bonchev–Trinajstić information content (AvgIpc) is 3.08. The molecular weight excluding hydrogens is 352 g/mol. The average molecular weight is 385 g/mol. The molecule has 1 N–H and O–H groups in total. The molecule has 5 heteroatoms. The highest BCUT2D eigenvalue weighted by molar-refractivity contribution is 5.97. The summed E-state index contributed by atoms with van der Waals surface area (Å²) < 4.78 is 6.40. The predicted octanol–water partition coefficient (Wildman–Crippen LogP) is 3.60. The van der Waals surface area contributed by atoms with Gasteiger partial charge in [-0.1, -0.05) is 23.8 Å². The maximum Gasteiger partial charge on any atom is 0.251 e. The Morgan fingerprint density at radius 3 is 2.36 bits per heavy atom. The second-order valence-corrected chi connectivity index (χ2v) is 8.39. The molecule has 1 amide bonds. The van der Waals surface area contributed by atoms with E-state index < -0.39 is 0 Å². The zero-order valence-corrected chi connectivity index (χ0v) is 17.3. The molecule has 0 aromatic heterocycles. The molecule has 0 radical (unpaired) electrons. The summed E-state index contributed by atoms with van der Waals surface area (Å²) in [6.07, 6.45) is 6.59. The van der Waals surface area contributed by atoms with Crippen molar-refractivity contribution in [2.24, 2.45) is 0 Å². The Morgan fingerprint density at radius 2 is 1.75 bits per heavy atom. The van der Waals surface area contributed by atoms with Crippen molar-refractivity contribution in [1.82, 2.24) is 10.2 Å². The van der Waals surface area contributed by atoms with Gasteiger partial charge in [0.15, 0.2) is 5.78 Å². The quantitative estimate of drug-likeness (QED) is 0.601. The number of piperidine rings is 1. The van der Waals surface area contributed by atoms with E-state index in [9.17, 15) is 9.59 Å². The summed E-state index contributed by atoms with van der Waals surface area (Å²) in [5.41, 5.74) is 2.56. The van der Waals surface area contributed by atoms with Gasteiger partial charge >= 0.3 is 0 Å². The summed E-state index contributed by atoms with van der Waals surface area (Å²) in [6.45, 7) is 9.52. The van der Waals surface area contributed by atoms with Crippen LogP contribution in [0.5, 0.6) is 0 Å². The highest BCUT2D eigenvalue weighted by Gasteiger charge is 2.42. The van der Waals surface area contributed by atoms with E-state index in [1.54, 1.807) is 24.3 Å². The lowest BCUT2D eigenvalue weighted by Crippen LogP contribution is -2.45. The van der Waals surface area contributed by atoms with E-state index in [0.717, 1.165) is 45.3 Å². The Hall–Kier alpha value is -1.98. The highest BCUT2D eigenvalue weighted by atomic mass is 16.5. The van der Waals surface area contributed by atoms with Crippen molar-refractivity contribution in [2.45, 2.75) is 58.2 Å². The summed E-state index contributed by atoms with van der Waals surface area (Å²) in [5, 5.41) is 2.99. The number of hydrogen-bond donors (Lipinski definition) is 1. The number of ether oxygens (including phenoxy) is 1. The number of carbonyl (C=O) groups is 2. The van der Waals surface area contributed by atoms with E-state index in [0.29, 0.717) is 17.7 Å². The van der Waals surface area contributed by atoms with Crippen LogP contribution in [-0.2, 0) is 4.74 Å². The maximum absolute atomic E-state index is 12.4. The summed E-state index contributed by atoms with van der Waals surface area (Å²) in [6, 6.07) is 6.79. The molecule has 3 rings (SSSR count). The van der Waals surface area contributed by atoms with Crippen molar-refractivity contribution in [3.63, 3.8) is 0 Å². The lowest BCUT2D eigenvalue weighted by atomic mass is 9.88. The Labute approximate surface area is 168 Å². The molecule has 1 unspecified atom stereocenters. The molecule has 1 aromatic rings. The fraction of sp³-hybridized carbons (Fsp3) is 0.565. The molecule has 0 bridgehead atoms. The molecule has 0 saturated carbocycles. The lowest BCUT2D eigenvalue weighted by molar-refractivity contribution is -0.0741. The van der Waals surface area contributed by atoms with Gasteiger partial charge in [0, 0.05) is 37.3 Å². The molecule has 2 aliphatic rings. The van der Waals surface area contributed by atoms with Gasteiger partial charge in [-0.15, -0.1) is 0 Å². The Balaban J connectivity index is 1.44. The van der Waals surface area contributed by atoms with Crippen LogP contribution in [0.15, 0.2) is 35.9 Å². The van der Waals surface area contributed by atoms with Crippen molar-refractivity contribution >= 4 is 11.7 Å². The number of rotatable bonds is 6. The molecule has 28 heavy (non-hydrogen) atoms. The topological polar surface area (TPSA) is 58.6 Å². The Bertz CT molecular complexity index is 727. The third-order valence-electron chi connectivity index (χ3n) is 5.91. The first-order valence-electron chi connectivity index (χ1n) is 10.3. The number of nitrogens with zero attached hydrogens (tertiary/aromatic N) is 1. The van der Waals surface area contributed by atoms with Crippen molar-refractivity contribution in [1.29, 1.82) is 0 Å². The highest BCUT2D eigenvalue weighted by Crippen LogP contribution is 2.38. The standard InChI is InChI=1S/C23H32N2O3/c1-17(2)9-13-25-14-11-23(12-15-25)10-8-21(28-23)16-24-22(27)20-6-4-19(5-7-20)18(3)26/h4-7,9,21H,8,10-16H2,1-3H3,(H,24,27). The molecule has 5 nitrogen and oxygen atoms in total. The van der Waals surface area contributed by atoms with Gasteiger partial charge in [-0.3, -0.25) is 14.5 Å². The number of carbonyl (C=O) groups excluding carboxylic acids is 2. The lowest BCUT2D eigenvalue weighted by Gasteiger charge is -2.39. The maximum atomic E-state index is 12.4. The molecule has 152 valence electrons. The zero-order chi connectivity index (χ0) is 20.1. The predicted molar refractivity (Wildman–Crippen MR) is 111 cm³/mol. The van der Waals surface area contributed by atoms with Crippen LogP contribution in [0.4, 0.5) is 0 Å². The molecule has 2 fully saturated rings. The zero-order valence-electron chi connectivity index (χ0n) is 17.3. The summed E-state index contributed by atoms with van der Waals surface area (Å²) in [4.78, 5) is 26.2. The monoisotopic (exact) mass is 384 g/mol. The van der Waals surface area contributed by atoms with Gasteiger partial charge in [0.25, 0.3) is 5.91 Å². The summed E-state index contributed by atoms with van der Waals surface area (Å²) >= 11 is 0. The minimum Gasteiger partial charge on any atom is -0.370 e. The van der Waals surface area contributed by atoms with Crippen molar-refractivity contribution < 1.29 is 14.3 Å². The van der Waals surface area contributed by atoms with Crippen molar-refractivity contribution in [2.75, 3.05) is 26.2 Å². The number of likely N-dealkylation sites (tertiary alicyclic amines) is 1. The van der Waals surface area contributed by atoms with Crippen molar-refractivity contribution in [3.05, 3.63) is 47.0 Å². The number of hydrogen-bond acceptors (Lipinski definition) is 4. The number of allylic oxidation sites excluding steroid dienone is 1. The first-order chi connectivity index (χ1) is 13.4. The first kappa shape index (κ1) is 20.7. The molecule has 1 spiro atoms. The molecule has 1 aromatic carbocycles. The second-order valence-electron chi connectivity index (χ2n) is 8.39. The minimum absolute atomic E-state index is 0.00000366.